The summed E-state index contributed by atoms with van der Waals surface area (Å²) in [6.07, 6.45) is 2.89. The quantitative estimate of drug-likeness (QED) is 0.705. The normalized spacial score (nSPS) is 28.7. The largest absolute Gasteiger partial charge is 0.392 e. The van der Waals surface area contributed by atoms with E-state index in [0.29, 0.717) is 0 Å². The van der Waals surface area contributed by atoms with E-state index in [1.165, 1.54) is 6.42 Å². The van der Waals surface area contributed by atoms with Crippen LogP contribution in [0.15, 0.2) is 0 Å². The minimum atomic E-state index is -0.382. The number of piperazine rings is 1. The minimum absolute atomic E-state index is 0.234. The van der Waals surface area contributed by atoms with Crippen molar-refractivity contribution in [1.82, 2.24) is 9.80 Å². The zero-order chi connectivity index (χ0) is 11.6. The molecule has 0 bridgehead atoms. The Morgan fingerprint density at radius 3 is 2.12 bits per heavy atom. The predicted octanol–water partition coefficient (Wildman–Crippen LogP) is -0.100. The summed E-state index contributed by atoms with van der Waals surface area (Å²) in [6.45, 7) is 7.53. The standard InChI is InChI=1S/C12H24N2O2/c1-11(15)9-13-5-7-14(8-6-13)10-12(16)3-2-4-12/h11,15-16H,2-10H2,1H3. The Morgan fingerprint density at radius 2 is 1.69 bits per heavy atom. The lowest BCUT2D eigenvalue weighted by Gasteiger charge is -2.43. The molecule has 4 heteroatoms. The summed E-state index contributed by atoms with van der Waals surface area (Å²) >= 11 is 0. The third-order valence-corrected chi connectivity index (χ3v) is 3.79. The van der Waals surface area contributed by atoms with Crippen LogP contribution in [0.2, 0.25) is 0 Å². The Kier molecular flexibility index (Phi) is 3.85. The molecule has 16 heavy (non-hydrogen) atoms. The molecule has 1 saturated heterocycles. The van der Waals surface area contributed by atoms with Gasteiger partial charge in [0.15, 0.2) is 0 Å². The number of rotatable bonds is 4. The van der Waals surface area contributed by atoms with E-state index in [4.69, 9.17) is 0 Å². The molecule has 4 nitrogen and oxygen atoms in total. The first kappa shape index (κ1) is 12.3. The molecule has 2 rings (SSSR count). The molecule has 1 unspecified atom stereocenters. The average Bonchev–Trinajstić information content (AvgIpc) is 2.18. The fourth-order valence-corrected chi connectivity index (χ4v) is 2.66. The maximum Gasteiger partial charge on any atom is 0.0774 e. The first-order valence-corrected chi connectivity index (χ1v) is 6.43. The molecule has 1 aliphatic carbocycles. The SMILES string of the molecule is CC(O)CN1CCN(CC2(O)CCC2)CC1. The Labute approximate surface area is 97.9 Å². The Hall–Kier alpha value is -0.160. The second-order valence-electron chi connectivity index (χ2n) is 5.50. The van der Waals surface area contributed by atoms with Gasteiger partial charge in [0.25, 0.3) is 0 Å². The molecule has 0 radical (unpaired) electrons. The van der Waals surface area contributed by atoms with E-state index in [2.05, 4.69) is 9.80 Å². The van der Waals surface area contributed by atoms with Gasteiger partial charge in [-0.1, -0.05) is 0 Å². The number of β-amino-alcohol motifs (C(OH)–C–C–N with tert-alkyl or cyclic N) is 2. The van der Waals surface area contributed by atoms with E-state index in [0.717, 1.165) is 52.1 Å². The van der Waals surface area contributed by atoms with Crippen molar-refractivity contribution < 1.29 is 10.2 Å². The summed E-state index contributed by atoms with van der Waals surface area (Å²) in [4.78, 5) is 4.66. The van der Waals surface area contributed by atoms with Crippen LogP contribution < -0.4 is 0 Å². The van der Waals surface area contributed by atoms with Gasteiger partial charge < -0.3 is 10.2 Å². The molecule has 1 aliphatic heterocycles. The van der Waals surface area contributed by atoms with Crippen molar-refractivity contribution in [3.63, 3.8) is 0 Å². The Balaban J connectivity index is 1.68. The van der Waals surface area contributed by atoms with E-state index in [9.17, 15) is 10.2 Å². The zero-order valence-electron chi connectivity index (χ0n) is 10.2. The van der Waals surface area contributed by atoms with Gasteiger partial charge >= 0.3 is 0 Å². The van der Waals surface area contributed by atoms with Gasteiger partial charge in [-0.15, -0.1) is 0 Å². The van der Waals surface area contributed by atoms with Gasteiger partial charge in [0.2, 0.25) is 0 Å². The monoisotopic (exact) mass is 228 g/mol. The Bertz CT molecular complexity index is 221. The van der Waals surface area contributed by atoms with E-state index in [1.54, 1.807) is 0 Å². The van der Waals surface area contributed by atoms with Crippen LogP contribution in [-0.4, -0.2) is 71.0 Å². The molecule has 0 aromatic rings. The van der Waals surface area contributed by atoms with Crippen molar-refractivity contribution in [2.45, 2.75) is 37.9 Å². The lowest BCUT2D eigenvalue weighted by atomic mass is 9.80. The number of aliphatic hydroxyl groups excluding tert-OH is 1. The highest BCUT2D eigenvalue weighted by atomic mass is 16.3. The second-order valence-corrected chi connectivity index (χ2v) is 5.50. The van der Waals surface area contributed by atoms with Crippen LogP contribution in [0.4, 0.5) is 0 Å². The molecule has 1 atom stereocenters. The fraction of sp³-hybridized carbons (Fsp3) is 1.00. The van der Waals surface area contributed by atoms with Crippen LogP contribution in [0.5, 0.6) is 0 Å². The molecule has 2 N–H and O–H groups in total. The number of hydrogen-bond acceptors (Lipinski definition) is 4. The van der Waals surface area contributed by atoms with E-state index in [-0.39, 0.29) is 11.7 Å². The van der Waals surface area contributed by atoms with Crippen LogP contribution in [0.1, 0.15) is 26.2 Å². The minimum Gasteiger partial charge on any atom is -0.392 e. The summed E-state index contributed by atoms with van der Waals surface area (Å²) < 4.78 is 0. The lowest BCUT2D eigenvalue weighted by molar-refractivity contribution is -0.0666. The molecular weight excluding hydrogens is 204 g/mol. The molecule has 94 valence electrons. The van der Waals surface area contributed by atoms with E-state index >= 15 is 0 Å². The first-order chi connectivity index (χ1) is 7.57. The lowest BCUT2D eigenvalue weighted by Crippen LogP contribution is -2.54. The van der Waals surface area contributed by atoms with Crippen molar-refractivity contribution in [2.24, 2.45) is 0 Å². The highest BCUT2D eigenvalue weighted by Crippen LogP contribution is 2.32. The highest BCUT2D eigenvalue weighted by molar-refractivity contribution is 4.91. The third-order valence-electron chi connectivity index (χ3n) is 3.79. The molecule has 0 aromatic heterocycles. The summed E-state index contributed by atoms with van der Waals surface area (Å²) in [5.41, 5.74) is -0.382. The smallest absolute Gasteiger partial charge is 0.0774 e. The molecule has 2 fully saturated rings. The number of aliphatic hydroxyl groups is 2. The first-order valence-electron chi connectivity index (χ1n) is 6.43. The average molecular weight is 228 g/mol. The topological polar surface area (TPSA) is 46.9 Å². The fourth-order valence-electron chi connectivity index (χ4n) is 2.66. The maximum atomic E-state index is 10.1. The Morgan fingerprint density at radius 1 is 1.12 bits per heavy atom. The summed E-state index contributed by atoms with van der Waals surface area (Å²) in [5.74, 6) is 0. The van der Waals surface area contributed by atoms with Gasteiger partial charge in [0.1, 0.15) is 0 Å². The van der Waals surface area contributed by atoms with Gasteiger partial charge in [-0.2, -0.15) is 0 Å². The number of nitrogens with zero attached hydrogens (tertiary/aromatic N) is 2. The molecule has 0 spiro atoms. The van der Waals surface area contributed by atoms with Crippen molar-refractivity contribution in [3.8, 4) is 0 Å². The number of hydrogen-bond donors (Lipinski definition) is 2. The van der Waals surface area contributed by atoms with Crippen LogP contribution >= 0.6 is 0 Å². The van der Waals surface area contributed by atoms with Gasteiger partial charge in [0, 0.05) is 39.3 Å². The van der Waals surface area contributed by atoms with Crippen LogP contribution in [0.25, 0.3) is 0 Å². The molecule has 0 aromatic carbocycles. The molecule has 1 saturated carbocycles. The van der Waals surface area contributed by atoms with E-state index in [1.807, 2.05) is 6.92 Å². The van der Waals surface area contributed by atoms with Crippen LogP contribution in [0.3, 0.4) is 0 Å². The molecular formula is C12H24N2O2. The highest BCUT2D eigenvalue weighted by Gasteiger charge is 2.36. The van der Waals surface area contributed by atoms with Crippen LogP contribution in [-0.2, 0) is 0 Å². The molecule has 2 aliphatic rings. The van der Waals surface area contributed by atoms with Crippen LogP contribution in [0, 0.1) is 0 Å². The zero-order valence-corrected chi connectivity index (χ0v) is 10.2. The summed E-state index contributed by atoms with van der Waals surface area (Å²) in [6, 6.07) is 0. The molecule has 0 amide bonds. The van der Waals surface area contributed by atoms with Crippen molar-refractivity contribution in [2.75, 3.05) is 39.3 Å². The van der Waals surface area contributed by atoms with Crippen molar-refractivity contribution in [3.05, 3.63) is 0 Å². The summed E-state index contributed by atoms with van der Waals surface area (Å²) in [5, 5.41) is 19.4. The van der Waals surface area contributed by atoms with Crippen molar-refractivity contribution in [1.29, 1.82) is 0 Å². The predicted molar refractivity (Wildman–Crippen MR) is 63.4 cm³/mol. The van der Waals surface area contributed by atoms with Gasteiger partial charge in [0.05, 0.1) is 11.7 Å². The summed E-state index contributed by atoms with van der Waals surface area (Å²) in [7, 11) is 0. The van der Waals surface area contributed by atoms with E-state index < -0.39 is 0 Å². The van der Waals surface area contributed by atoms with Gasteiger partial charge in [-0.3, -0.25) is 9.80 Å². The second kappa shape index (κ2) is 5.00. The molecule has 1 heterocycles. The van der Waals surface area contributed by atoms with Gasteiger partial charge in [-0.25, -0.2) is 0 Å². The third kappa shape index (κ3) is 3.17. The van der Waals surface area contributed by atoms with Crippen molar-refractivity contribution >= 4 is 0 Å². The van der Waals surface area contributed by atoms with Gasteiger partial charge in [-0.05, 0) is 26.2 Å². The maximum absolute atomic E-state index is 10.1.